The summed E-state index contributed by atoms with van der Waals surface area (Å²) in [4.78, 5) is 15.8. The monoisotopic (exact) mass is 300 g/mol. The number of halogens is 1. The molecule has 0 aliphatic heterocycles. The van der Waals surface area contributed by atoms with Crippen LogP contribution < -0.4 is 10.1 Å². The van der Waals surface area contributed by atoms with Gasteiger partial charge in [0.25, 0.3) is 5.91 Å². The summed E-state index contributed by atoms with van der Waals surface area (Å²) in [6.45, 7) is 0.684. The number of nitrogens with zero attached hydrogens (tertiary/aromatic N) is 1. The van der Waals surface area contributed by atoms with Crippen molar-refractivity contribution in [3.8, 4) is 5.88 Å². The molecule has 0 aliphatic rings. The molecule has 17 heavy (non-hydrogen) atoms. The Morgan fingerprint density at radius 2 is 2.29 bits per heavy atom. The topological polar surface area (TPSA) is 51.2 Å². The van der Waals surface area contributed by atoms with Gasteiger partial charge in [-0.05, 0) is 25.0 Å². The molecule has 0 fully saturated rings. The molecule has 5 heteroatoms. The van der Waals surface area contributed by atoms with Gasteiger partial charge in [0, 0.05) is 18.1 Å². The molecule has 0 spiro atoms. The van der Waals surface area contributed by atoms with E-state index < -0.39 is 0 Å². The van der Waals surface area contributed by atoms with Crippen LogP contribution in [0.2, 0.25) is 0 Å². The number of hydrogen-bond acceptors (Lipinski definition) is 3. The number of alkyl halides is 1. The molecule has 0 aliphatic carbocycles. The summed E-state index contributed by atoms with van der Waals surface area (Å²) in [5.41, 5.74) is 0.482. The van der Waals surface area contributed by atoms with Crippen LogP contribution in [0.15, 0.2) is 18.3 Å². The average molecular weight is 301 g/mol. The Hall–Kier alpha value is -1.10. The molecule has 1 aromatic heterocycles. The molecule has 1 aromatic rings. The third-order valence-corrected chi connectivity index (χ3v) is 2.87. The van der Waals surface area contributed by atoms with Gasteiger partial charge in [-0.1, -0.05) is 22.4 Å². The summed E-state index contributed by atoms with van der Waals surface area (Å²) < 4.78 is 5.03. The molecule has 0 radical (unpaired) electrons. The number of rotatable bonds is 7. The number of aromatic nitrogens is 1. The van der Waals surface area contributed by atoms with Gasteiger partial charge in [-0.25, -0.2) is 4.98 Å². The third kappa shape index (κ3) is 4.73. The lowest BCUT2D eigenvalue weighted by Crippen LogP contribution is -2.25. The van der Waals surface area contributed by atoms with Crippen LogP contribution in [-0.4, -0.2) is 29.9 Å². The van der Waals surface area contributed by atoms with Crippen molar-refractivity contribution in [3.63, 3.8) is 0 Å². The minimum atomic E-state index is -0.131. The highest BCUT2D eigenvalue weighted by molar-refractivity contribution is 9.09. The Morgan fingerprint density at radius 3 is 3.00 bits per heavy atom. The Balaban J connectivity index is 2.41. The van der Waals surface area contributed by atoms with Crippen molar-refractivity contribution in [2.75, 3.05) is 19.0 Å². The normalized spacial score (nSPS) is 10.0. The number of nitrogens with one attached hydrogen (secondary N) is 1. The lowest BCUT2D eigenvalue weighted by Gasteiger charge is -2.07. The fraction of sp³-hybridized carbons (Fsp3) is 0.500. The van der Waals surface area contributed by atoms with E-state index in [4.69, 9.17) is 4.74 Å². The highest BCUT2D eigenvalue weighted by Crippen LogP contribution is 2.12. The number of hydrogen-bond donors (Lipinski definition) is 1. The van der Waals surface area contributed by atoms with E-state index in [1.54, 1.807) is 18.3 Å². The van der Waals surface area contributed by atoms with Gasteiger partial charge in [0.15, 0.2) is 0 Å². The van der Waals surface area contributed by atoms with E-state index in [1.807, 2.05) is 0 Å². The molecule has 0 bridgehead atoms. The molecule has 1 heterocycles. The van der Waals surface area contributed by atoms with E-state index in [9.17, 15) is 4.79 Å². The first kappa shape index (κ1) is 14.0. The summed E-state index contributed by atoms with van der Waals surface area (Å²) in [7, 11) is 1.51. The zero-order valence-electron chi connectivity index (χ0n) is 9.91. The molecule has 0 aromatic carbocycles. The van der Waals surface area contributed by atoms with Crippen LogP contribution in [-0.2, 0) is 0 Å². The van der Waals surface area contributed by atoms with E-state index in [2.05, 4.69) is 26.2 Å². The van der Waals surface area contributed by atoms with Gasteiger partial charge in [-0.15, -0.1) is 0 Å². The van der Waals surface area contributed by atoms with Gasteiger partial charge in [0.05, 0.1) is 7.11 Å². The molecule has 1 rings (SSSR count). The lowest BCUT2D eigenvalue weighted by molar-refractivity contribution is 0.0949. The average Bonchev–Trinajstić information content (AvgIpc) is 2.38. The van der Waals surface area contributed by atoms with Crippen LogP contribution >= 0.6 is 15.9 Å². The maximum atomic E-state index is 11.8. The van der Waals surface area contributed by atoms with Crippen molar-refractivity contribution in [2.24, 2.45) is 0 Å². The maximum Gasteiger partial charge on any atom is 0.256 e. The number of pyridine rings is 1. The Labute approximate surface area is 110 Å². The van der Waals surface area contributed by atoms with E-state index in [0.717, 1.165) is 24.6 Å². The molecule has 0 saturated heterocycles. The summed E-state index contributed by atoms with van der Waals surface area (Å²) in [6.07, 6.45) is 4.83. The van der Waals surface area contributed by atoms with Crippen molar-refractivity contribution < 1.29 is 9.53 Å². The second kappa shape index (κ2) is 8.06. The van der Waals surface area contributed by atoms with Crippen LogP contribution in [0, 0.1) is 0 Å². The van der Waals surface area contributed by atoms with Crippen LogP contribution in [0.5, 0.6) is 5.88 Å². The maximum absolute atomic E-state index is 11.8. The molecule has 0 unspecified atom stereocenters. The van der Waals surface area contributed by atoms with E-state index in [1.165, 1.54) is 7.11 Å². The van der Waals surface area contributed by atoms with Gasteiger partial charge in [-0.3, -0.25) is 4.79 Å². The smallest absolute Gasteiger partial charge is 0.256 e. The summed E-state index contributed by atoms with van der Waals surface area (Å²) in [5.74, 6) is 0.235. The largest absolute Gasteiger partial charge is 0.480 e. The van der Waals surface area contributed by atoms with Gasteiger partial charge in [-0.2, -0.15) is 0 Å². The first-order valence-corrected chi connectivity index (χ1v) is 6.75. The summed E-state index contributed by atoms with van der Waals surface area (Å²) in [6, 6.07) is 3.43. The number of ether oxygens (including phenoxy) is 1. The highest BCUT2D eigenvalue weighted by Gasteiger charge is 2.11. The minimum absolute atomic E-state index is 0.131. The lowest BCUT2D eigenvalue weighted by atomic mass is 10.2. The van der Waals surface area contributed by atoms with Gasteiger partial charge >= 0.3 is 0 Å². The third-order valence-electron chi connectivity index (χ3n) is 2.31. The second-order valence-corrected chi connectivity index (χ2v) is 4.36. The zero-order valence-corrected chi connectivity index (χ0v) is 11.5. The predicted molar refractivity (Wildman–Crippen MR) is 70.8 cm³/mol. The van der Waals surface area contributed by atoms with Crippen LogP contribution in [0.25, 0.3) is 0 Å². The minimum Gasteiger partial charge on any atom is -0.480 e. The zero-order chi connectivity index (χ0) is 12.5. The summed E-state index contributed by atoms with van der Waals surface area (Å²) in [5, 5.41) is 3.87. The number of amides is 1. The Morgan fingerprint density at radius 1 is 1.47 bits per heavy atom. The first-order chi connectivity index (χ1) is 8.29. The quantitative estimate of drug-likeness (QED) is 0.621. The van der Waals surface area contributed by atoms with Crippen LogP contribution in [0.1, 0.15) is 29.6 Å². The van der Waals surface area contributed by atoms with E-state index in [-0.39, 0.29) is 5.91 Å². The highest BCUT2D eigenvalue weighted by atomic mass is 79.9. The van der Waals surface area contributed by atoms with Crippen LogP contribution in [0.3, 0.4) is 0 Å². The van der Waals surface area contributed by atoms with Crippen molar-refractivity contribution in [3.05, 3.63) is 23.9 Å². The van der Waals surface area contributed by atoms with Gasteiger partial charge in [0.2, 0.25) is 5.88 Å². The molecule has 0 atom stereocenters. The molecule has 0 saturated carbocycles. The molecule has 4 nitrogen and oxygen atoms in total. The van der Waals surface area contributed by atoms with Crippen LogP contribution in [0.4, 0.5) is 0 Å². The standard InChI is InChI=1S/C12H17BrN2O2/c1-17-12-10(6-5-9-15-12)11(16)14-8-4-2-3-7-13/h5-6,9H,2-4,7-8H2,1H3,(H,14,16). The molecular formula is C12H17BrN2O2. The van der Waals surface area contributed by atoms with Crippen molar-refractivity contribution >= 4 is 21.8 Å². The fourth-order valence-electron chi connectivity index (χ4n) is 1.42. The number of carbonyl (C=O) groups is 1. The van der Waals surface area contributed by atoms with Gasteiger partial charge in [0.1, 0.15) is 5.56 Å². The molecule has 1 amide bonds. The molecular weight excluding hydrogens is 284 g/mol. The molecule has 94 valence electrons. The second-order valence-electron chi connectivity index (χ2n) is 3.57. The van der Waals surface area contributed by atoms with Crippen molar-refractivity contribution in [1.82, 2.24) is 10.3 Å². The van der Waals surface area contributed by atoms with Gasteiger partial charge < -0.3 is 10.1 Å². The molecule has 1 N–H and O–H groups in total. The Kier molecular flexibility index (Phi) is 6.62. The number of methoxy groups -OCH3 is 1. The number of carbonyl (C=O) groups excluding carboxylic acids is 1. The van der Waals surface area contributed by atoms with Crippen molar-refractivity contribution in [1.29, 1.82) is 0 Å². The van der Waals surface area contributed by atoms with E-state index >= 15 is 0 Å². The van der Waals surface area contributed by atoms with E-state index in [0.29, 0.717) is 18.0 Å². The van der Waals surface area contributed by atoms with Crippen molar-refractivity contribution in [2.45, 2.75) is 19.3 Å². The Bertz CT molecular complexity index is 358. The fourth-order valence-corrected chi connectivity index (χ4v) is 1.82. The number of unbranched alkanes of at least 4 members (excludes halogenated alkanes) is 2. The predicted octanol–water partition coefficient (Wildman–Crippen LogP) is 2.39. The summed E-state index contributed by atoms with van der Waals surface area (Å²) >= 11 is 3.37. The SMILES string of the molecule is COc1ncccc1C(=O)NCCCCCBr. The first-order valence-electron chi connectivity index (χ1n) is 5.62.